The lowest BCUT2D eigenvalue weighted by Gasteiger charge is -2.35. The Hall–Kier alpha value is -2.43. The Bertz CT molecular complexity index is 967. The van der Waals surface area contributed by atoms with Crippen molar-refractivity contribution in [2.75, 3.05) is 45.9 Å². The predicted molar refractivity (Wildman–Crippen MR) is 121 cm³/mol. The van der Waals surface area contributed by atoms with Crippen molar-refractivity contribution in [1.29, 1.82) is 0 Å². The van der Waals surface area contributed by atoms with Crippen molar-refractivity contribution in [3.63, 3.8) is 0 Å². The van der Waals surface area contributed by atoms with Gasteiger partial charge in [-0.25, -0.2) is 18.0 Å². The zero-order valence-electron chi connectivity index (χ0n) is 18.9. The van der Waals surface area contributed by atoms with Gasteiger partial charge in [0.25, 0.3) is 0 Å². The molecule has 1 atom stereocenters. The molecule has 2 amide bonds. The Morgan fingerprint density at radius 2 is 1.78 bits per heavy atom. The molecule has 0 aromatic heterocycles. The van der Waals surface area contributed by atoms with Gasteiger partial charge in [0.1, 0.15) is 0 Å². The van der Waals surface area contributed by atoms with Crippen LogP contribution in [0, 0.1) is 0 Å². The van der Waals surface area contributed by atoms with Crippen molar-refractivity contribution >= 4 is 22.0 Å². The maximum Gasteiger partial charge on any atom is 0.337 e. The molecule has 2 heterocycles. The van der Waals surface area contributed by atoms with E-state index in [9.17, 15) is 18.0 Å². The molecule has 1 saturated heterocycles. The Morgan fingerprint density at radius 3 is 2.38 bits per heavy atom. The van der Waals surface area contributed by atoms with Gasteiger partial charge in [-0.15, -0.1) is 0 Å². The first kappa shape index (κ1) is 24.2. The summed E-state index contributed by atoms with van der Waals surface area (Å²) >= 11 is 0. The number of ether oxygens (including phenoxy) is 1. The van der Waals surface area contributed by atoms with Gasteiger partial charge in [-0.3, -0.25) is 4.90 Å². The molecule has 0 unspecified atom stereocenters. The Balaban J connectivity index is 1.65. The highest BCUT2D eigenvalue weighted by Gasteiger charge is 2.30. The summed E-state index contributed by atoms with van der Waals surface area (Å²) in [4.78, 5) is 26.3. The SMILES string of the molecule is CCOC(=O)C1=C(CN2CCN(S(=O)(=O)c3ccc([C@H](C)CC)cc3)CC2)NC(=O)NC1. The van der Waals surface area contributed by atoms with E-state index in [0.717, 1.165) is 12.0 Å². The average molecular weight is 465 g/mol. The summed E-state index contributed by atoms with van der Waals surface area (Å²) in [5.41, 5.74) is 2.03. The lowest BCUT2D eigenvalue weighted by atomic mass is 9.99. The molecule has 0 saturated carbocycles. The van der Waals surface area contributed by atoms with Crippen LogP contribution in [0.4, 0.5) is 4.79 Å². The van der Waals surface area contributed by atoms with Gasteiger partial charge in [0.2, 0.25) is 10.0 Å². The lowest BCUT2D eigenvalue weighted by molar-refractivity contribution is -0.138. The maximum atomic E-state index is 13.1. The number of nitrogens with zero attached hydrogens (tertiary/aromatic N) is 2. The quantitative estimate of drug-likeness (QED) is 0.566. The normalized spacial score (nSPS) is 19.3. The number of carbonyl (C=O) groups excluding carboxylic acids is 2. The summed E-state index contributed by atoms with van der Waals surface area (Å²) in [5.74, 6) is -0.0726. The van der Waals surface area contributed by atoms with E-state index in [1.807, 2.05) is 17.0 Å². The molecule has 2 aliphatic heterocycles. The average Bonchev–Trinajstić information content (AvgIpc) is 2.79. The number of piperazine rings is 1. The zero-order valence-corrected chi connectivity index (χ0v) is 19.7. The Labute approximate surface area is 189 Å². The van der Waals surface area contributed by atoms with Crippen LogP contribution >= 0.6 is 0 Å². The minimum absolute atomic E-state index is 0.112. The van der Waals surface area contributed by atoms with Crippen molar-refractivity contribution in [1.82, 2.24) is 19.8 Å². The van der Waals surface area contributed by atoms with Crippen molar-refractivity contribution in [2.24, 2.45) is 0 Å². The molecule has 1 aromatic carbocycles. The first-order valence-electron chi connectivity index (χ1n) is 11.0. The summed E-state index contributed by atoms with van der Waals surface area (Å²) in [6, 6.07) is 6.78. The van der Waals surface area contributed by atoms with Crippen LogP contribution in [0.5, 0.6) is 0 Å². The van der Waals surface area contributed by atoms with Gasteiger partial charge in [0, 0.05) is 38.4 Å². The maximum absolute atomic E-state index is 13.1. The highest BCUT2D eigenvalue weighted by atomic mass is 32.2. The predicted octanol–water partition coefficient (Wildman–Crippen LogP) is 1.64. The fourth-order valence-electron chi connectivity index (χ4n) is 3.79. The fraction of sp³-hybridized carbons (Fsp3) is 0.545. The van der Waals surface area contributed by atoms with Crippen LogP contribution in [0.25, 0.3) is 0 Å². The first-order valence-corrected chi connectivity index (χ1v) is 12.5. The van der Waals surface area contributed by atoms with Gasteiger partial charge in [-0.05, 0) is 37.0 Å². The van der Waals surface area contributed by atoms with Crippen LogP contribution in [-0.4, -0.2) is 75.5 Å². The van der Waals surface area contributed by atoms with E-state index in [0.29, 0.717) is 54.8 Å². The van der Waals surface area contributed by atoms with Gasteiger partial charge in [-0.2, -0.15) is 4.31 Å². The summed E-state index contributed by atoms with van der Waals surface area (Å²) in [6.07, 6.45) is 0.999. The van der Waals surface area contributed by atoms with E-state index in [-0.39, 0.29) is 19.2 Å². The highest BCUT2D eigenvalue weighted by Crippen LogP contribution is 2.23. The molecule has 1 aromatic rings. The number of urea groups is 1. The van der Waals surface area contributed by atoms with Gasteiger partial charge in [0.05, 0.1) is 23.6 Å². The lowest BCUT2D eigenvalue weighted by Crippen LogP contribution is -2.52. The van der Waals surface area contributed by atoms with Crippen LogP contribution < -0.4 is 10.6 Å². The van der Waals surface area contributed by atoms with Gasteiger partial charge < -0.3 is 15.4 Å². The molecule has 0 spiro atoms. The number of carbonyl (C=O) groups is 2. The topological polar surface area (TPSA) is 108 Å². The molecule has 0 radical (unpaired) electrons. The van der Waals surface area contributed by atoms with Gasteiger partial charge in [0.15, 0.2) is 0 Å². The third kappa shape index (κ3) is 5.48. The number of benzene rings is 1. The number of nitrogens with one attached hydrogen (secondary N) is 2. The van der Waals surface area contributed by atoms with Crippen LogP contribution in [0.3, 0.4) is 0 Å². The summed E-state index contributed by atoms with van der Waals surface area (Å²) in [6.45, 7) is 8.32. The number of sulfonamides is 1. The Kier molecular flexibility index (Phi) is 7.91. The largest absolute Gasteiger partial charge is 0.463 e. The number of amides is 2. The first-order chi connectivity index (χ1) is 15.3. The number of hydrogen-bond acceptors (Lipinski definition) is 6. The minimum Gasteiger partial charge on any atom is -0.463 e. The summed E-state index contributed by atoms with van der Waals surface area (Å²) in [5, 5.41) is 5.28. The molecule has 0 bridgehead atoms. The van der Waals surface area contributed by atoms with Crippen LogP contribution in [-0.2, 0) is 19.6 Å². The van der Waals surface area contributed by atoms with E-state index < -0.39 is 16.0 Å². The second-order valence-corrected chi connectivity index (χ2v) is 9.98. The van der Waals surface area contributed by atoms with Crippen LogP contribution in [0.2, 0.25) is 0 Å². The third-order valence-electron chi connectivity index (χ3n) is 5.99. The second kappa shape index (κ2) is 10.5. The fourth-order valence-corrected chi connectivity index (χ4v) is 5.21. The van der Waals surface area contributed by atoms with Gasteiger partial charge >= 0.3 is 12.0 Å². The van der Waals surface area contributed by atoms with Crippen molar-refractivity contribution in [2.45, 2.75) is 38.0 Å². The van der Waals surface area contributed by atoms with E-state index in [2.05, 4.69) is 24.5 Å². The van der Waals surface area contributed by atoms with E-state index in [1.165, 1.54) is 4.31 Å². The molecule has 2 N–H and O–H groups in total. The molecular formula is C22H32N4O5S. The Morgan fingerprint density at radius 1 is 1.12 bits per heavy atom. The highest BCUT2D eigenvalue weighted by molar-refractivity contribution is 7.89. The van der Waals surface area contributed by atoms with E-state index in [1.54, 1.807) is 19.1 Å². The molecule has 0 aliphatic carbocycles. The number of hydrogen-bond donors (Lipinski definition) is 2. The van der Waals surface area contributed by atoms with Crippen LogP contribution in [0.15, 0.2) is 40.4 Å². The monoisotopic (exact) mass is 464 g/mol. The van der Waals surface area contributed by atoms with Gasteiger partial charge in [-0.1, -0.05) is 26.0 Å². The minimum atomic E-state index is -3.57. The molecule has 9 nitrogen and oxygen atoms in total. The summed E-state index contributed by atoms with van der Waals surface area (Å²) in [7, 11) is -3.57. The molecule has 2 aliphatic rings. The van der Waals surface area contributed by atoms with Crippen molar-refractivity contribution < 1.29 is 22.7 Å². The smallest absolute Gasteiger partial charge is 0.337 e. The molecule has 176 valence electrons. The standard InChI is InChI=1S/C22H32N4O5S/c1-4-16(3)17-6-8-18(9-7-17)32(29,30)26-12-10-25(11-13-26)15-20-19(21(27)31-5-2)14-23-22(28)24-20/h6-9,16H,4-5,10-15H2,1-3H3,(H2,23,24,28)/t16-/m1/s1. The van der Waals surface area contributed by atoms with Crippen LogP contribution in [0.1, 0.15) is 38.7 Å². The van der Waals surface area contributed by atoms with Crippen molar-refractivity contribution in [3.8, 4) is 0 Å². The molecule has 32 heavy (non-hydrogen) atoms. The summed E-state index contributed by atoms with van der Waals surface area (Å²) < 4.78 is 32.7. The number of esters is 1. The molecular weight excluding hydrogens is 432 g/mol. The number of rotatable bonds is 8. The molecule has 10 heteroatoms. The second-order valence-electron chi connectivity index (χ2n) is 8.04. The van der Waals surface area contributed by atoms with E-state index in [4.69, 9.17) is 4.74 Å². The third-order valence-corrected chi connectivity index (χ3v) is 7.90. The molecule has 1 fully saturated rings. The zero-order chi connectivity index (χ0) is 23.3. The van der Waals surface area contributed by atoms with E-state index >= 15 is 0 Å². The van der Waals surface area contributed by atoms with Crippen molar-refractivity contribution in [3.05, 3.63) is 41.1 Å². The molecule has 3 rings (SSSR count).